The van der Waals surface area contributed by atoms with Crippen molar-refractivity contribution in [1.29, 1.82) is 0 Å². The number of carbonyl (C=O) groups is 4. The largest absolute Gasteiger partial charge is 0.507 e. The number of amides is 4. The molecule has 0 unspecified atom stereocenters. The van der Waals surface area contributed by atoms with E-state index in [1.54, 1.807) is 52.0 Å². The highest BCUT2D eigenvalue weighted by molar-refractivity contribution is 6.00. The van der Waals surface area contributed by atoms with Crippen molar-refractivity contribution in [2.45, 2.75) is 65.7 Å². The molecule has 4 bridgehead atoms. The summed E-state index contributed by atoms with van der Waals surface area (Å²) < 4.78 is 11.1. The van der Waals surface area contributed by atoms with Gasteiger partial charge in [-0.15, -0.1) is 0 Å². The molecule has 3 atom stereocenters. The summed E-state index contributed by atoms with van der Waals surface area (Å²) in [5, 5.41) is 25.1. The molecule has 12 nitrogen and oxygen atoms in total. The average Bonchev–Trinajstić information content (AvgIpc) is 3.27. The predicted molar refractivity (Wildman–Crippen MR) is 152 cm³/mol. The molecule has 222 valence electrons. The first-order valence-electron chi connectivity index (χ1n) is 13.6. The van der Waals surface area contributed by atoms with Crippen molar-refractivity contribution >= 4 is 23.6 Å². The van der Waals surface area contributed by atoms with E-state index in [-0.39, 0.29) is 30.2 Å². The number of phenols is 1. The maximum absolute atomic E-state index is 13.3. The third kappa shape index (κ3) is 7.06. The van der Waals surface area contributed by atoms with Crippen LogP contribution < -0.4 is 26.0 Å². The first-order chi connectivity index (χ1) is 19.9. The molecule has 2 aliphatic heterocycles. The van der Waals surface area contributed by atoms with Crippen molar-refractivity contribution in [2.75, 3.05) is 0 Å². The molecule has 5 rings (SSSR count). The number of fused-ring (bicyclic) bond motifs is 11. The van der Waals surface area contributed by atoms with Gasteiger partial charge < -0.3 is 35.6 Å². The third-order valence-electron chi connectivity index (χ3n) is 7.05. The van der Waals surface area contributed by atoms with Crippen LogP contribution in [0.15, 0.2) is 47.0 Å². The minimum absolute atomic E-state index is 0.0695. The van der Waals surface area contributed by atoms with Gasteiger partial charge in [-0.1, -0.05) is 31.1 Å². The van der Waals surface area contributed by atoms with Crippen molar-refractivity contribution in [3.8, 4) is 17.2 Å². The van der Waals surface area contributed by atoms with Crippen LogP contribution in [0.4, 0.5) is 0 Å². The van der Waals surface area contributed by atoms with E-state index in [1.807, 2.05) is 0 Å². The lowest BCUT2D eigenvalue weighted by Crippen LogP contribution is -2.57. The van der Waals surface area contributed by atoms with E-state index < -0.39 is 41.8 Å². The number of nitrogens with zero attached hydrogens (tertiary/aromatic N) is 1. The van der Waals surface area contributed by atoms with Gasteiger partial charge in [0.25, 0.3) is 5.91 Å². The summed E-state index contributed by atoms with van der Waals surface area (Å²) in [5.74, 6) is -1.58. The zero-order valence-corrected chi connectivity index (χ0v) is 24.1. The van der Waals surface area contributed by atoms with Crippen LogP contribution in [0.3, 0.4) is 0 Å². The Hall–Kier alpha value is -4.87. The summed E-state index contributed by atoms with van der Waals surface area (Å²) in [4.78, 5) is 52.8. The van der Waals surface area contributed by atoms with Crippen molar-refractivity contribution in [3.63, 3.8) is 0 Å². The molecule has 0 saturated carbocycles. The van der Waals surface area contributed by atoms with Crippen LogP contribution in [0.25, 0.3) is 0 Å². The van der Waals surface area contributed by atoms with Gasteiger partial charge in [-0.3, -0.25) is 19.2 Å². The molecule has 2 aromatic carbocycles. The van der Waals surface area contributed by atoms with Gasteiger partial charge in [0.2, 0.25) is 17.7 Å². The van der Waals surface area contributed by atoms with Crippen molar-refractivity contribution in [1.82, 2.24) is 26.4 Å². The molecule has 12 heteroatoms. The smallest absolute Gasteiger partial charge is 0.255 e. The van der Waals surface area contributed by atoms with E-state index in [1.165, 1.54) is 25.1 Å². The van der Waals surface area contributed by atoms with Crippen molar-refractivity contribution < 1.29 is 33.5 Å². The molecule has 0 saturated heterocycles. The van der Waals surface area contributed by atoms with Gasteiger partial charge in [0.05, 0.1) is 11.3 Å². The number of aryl methyl sites for hydroxylation is 2. The lowest BCUT2D eigenvalue weighted by molar-refractivity contribution is -0.132. The zero-order valence-electron chi connectivity index (χ0n) is 24.1. The quantitative estimate of drug-likeness (QED) is 0.294. The van der Waals surface area contributed by atoms with Gasteiger partial charge in [-0.05, 0) is 62.6 Å². The Morgan fingerprint density at radius 1 is 1.02 bits per heavy atom. The normalized spacial score (nSPS) is 19.7. The Bertz CT molecular complexity index is 1460. The monoisotopic (exact) mass is 577 g/mol. The molecule has 42 heavy (non-hydrogen) atoms. The maximum Gasteiger partial charge on any atom is 0.255 e. The van der Waals surface area contributed by atoms with Gasteiger partial charge in [-0.25, -0.2) is 0 Å². The van der Waals surface area contributed by atoms with Gasteiger partial charge in [0, 0.05) is 18.5 Å². The van der Waals surface area contributed by atoms with E-state index in [9.17, 15) is 24.3 Å². The lowest BCUT2D eigenvalue weighted by atomic mass is 10.0. The maximum atomic E-state index is 13.3. The fourth-order valence-corrected chi connectivity index (χ4v) is 4.51. The molecule has 3 aromatic rings. The minimum atomic E-state index is -1.03. The van der Waals surface area contributed by atoms with Gasteiger partial charge >= 0.3 is 0 Å². The minimum Gasteiger partial charge on any atom is -0.507 e. The Kier molecular flexibility index (Phi) is 9.14. The summed E-state index contributed by atoms with van der Waals surface area (Å²) in [6, 6.07) is 8.12. The Morgan fingerprint density at radius 2 is 1.71 bits per heavy atom. The molecular weight excluding hydrogens is 542 g/mol. The number of nitrogens with one attached hydrogen (secondary N) is 4. The fourth-order valence-electron chi connectivity index (χ4n) is 4.51. The van der Waals surface area contributed by atoms with E-state index in [2.05, 4.69) is 26.4 Å². The van der Waals surface area contributed by atoms with E-state index >= 15 is 0 Å². The van der Waals surface area contributed by atoms with Gasteiger partial charge in [0.15, 0.2) is 0 Å². The molecule has 3 heterocycles. The van der Waals surface area contributed by atoms with Gasteiger partial charge in [-0.2, -0.15) is 0 Å². The van der Waals surface area contributed by atoms with E-state index in [0.29, 0.717) is 23.0 Å². The molecule has 0 fully saturated rings. The summed E-state index contributed by atoms with van der Waals surface area (Å²) in [6.45, 7) is 8.66. The highest BCUT2D eigenvalue weighted by Crippen LogP contribution is 2.28. The second-order valence-electron chi connectivity index (χ2n) is 10.6. The zero-order chi connectivity index (χ0) is 30.6. The SMILES string of the molecule is Cc1noc(C)c1CNC(=O)[C@@H]1Cc2ccc(cc2)Oc2ccc(O)c(c2)C(=O)N[C@@H](C(C)C)C(=O)N[C@@H](C)C(=O)N1. The molecule has 2 aliphatic rings. The number of ether oxygens (including phenoxy) is 1. The number of benzene rings is 2. The number of carbonyl (C=O) groups excluding carboxylic acids is 4. The number of aromatic nitrogens is 1. The highest BCUT2D eigenvalue weighted by Gasteiger charge is 2.30. The molecule has 4 amide bonds. The first kappa shape index (κ1) is 30.1. The van der Waals surface area contributed by atoms with Crippen molar-refractivity contribution in [3.05, 3.63) is 70.6 Å². The first-order valence-corrected chi connectivity index (χ1v) is 13.6. The van der Waals surface area contributed by atoms with Crippen LogP contribution in [-0.2, 0) is 27.3 Å². The molecule has 0 aliphatic carbocycles. The second-order valence-corrected chi connectivity index (χ2v) is 10.6. The van der Waals surface area contributed by atoms with Gasteiger partial charge in [0.1, 0.15) is 41.1 Å². The number of hydrogen-bond donors (Lipinski definition) is 5. The number of hydrogen-bond acceptors (Lipinski definition) is 8. The Morgan fingerprint density at radius 3 is 2.36 bits per heavy atom. The molecule has 1 aromatic heterocycles. The summed E-state index contributed by atoms with van der Waals surface area (Å²) in [7, 11) is 0. The van der Waals surface area contributed by atoms with Crippen LogP contribution >= 0.6 is 0 Å². The lowest BCUT2D eigenvalue weighted by Gasteiger charge is -2.25. The van der Waals surface area contributed by atoms with Crippen molar-refractivity contribution in [2.24, 2.45) is 5.92 Å². The second kappa shape index (κ2) is 12.8. The third-order valence-corrected chi connectivity index (χ3v) is 7.05. The predicted octanol–water partition coefficient (Wildman–Crippen LogP) is 2.41. The molecular formula is C30H35N5O7. The summed E-state index contributed by atoms with van der Waals surface area (Å²) in [5.41, 5.74) is 2.07. The number of aromatic hydroxyl groups is 1. The van der Waals surface area contributed by atoms with Crippen LogP contribution in [0.2, 0.25) is 0 Å². The van der Waals surface area contributed by atoms with Crippen LogP contribution in [0, 0.1) is 19.8 Å². The Balaban J connectivity index is 1.64. The van der Waals surface area contributed by atoms with Crippen LogP contribution in [0.5, 0.6) is 17.2 Å². The van der Waals surface area contributed by atoms with E-state index in [4.69, 9.17) is 9.26 Å². The Labute approximate surface area is 243 Å². The topological polar surface area (TPSA) is 172 Å². The fraction of sp³-hybridized carbons (Fsp3) is 0.367. The number of rotatable bonds is 4. The van der Waals surface area contributed by atoms with Crippen LogP contribution in [-0.4, -0.2) is 52.0 Å². The highest BCUT2D eigenvalue weighted by atomic mass is 16.5. The molecule has 0 radical (unpaired) electrons. The average molecular weight is 578 g/mol. The summed E-state index contributed by atoms with van der Waals surface area (Å²) >= 11 is 0. The van der Waals surface area contributed by atoms with E-state index in [0.717, 1.165) is 11.1 Å². The standard InChI is InChI=1S/C30H35N5O7/c1-15(2)26-30(40)32-17(4)27(37)33-24(29(39)31-14-23-16(3)35-42-18(23)5)12-19-6-8-20(9-7-19)41-21-10-11-25(36)22(13-21)28(38)34-26/h6-11,13,15,17,24,26,36H,12,14H2,1-5H3,(H,31,39)(H,32,40)(H,33,37)(H,34,38)/t17-,24-,26-/m0/s1. The number of phenolic OH excluding ortho intramolecular Hbond substituents is 1. The molecule has 0 spiro atoms. The summed E-state index contributed by atoms with van der Waals surface area (Å²) in [6.07, 6.45) is 0.161. The molecule has 5 N–H and O–H groups in total. The van der Waals surface area contributed by atoms with Crippen LogP contribution in [0.1, 0.15) is 53.7 Å².